The van der Waals surface area contributed by atoms with Crippen LogP contribution in [0.2, 0.25) is 0 Å². The van der Waals surface area contributed by atoms with Crippen LogP contribution in [0, 0.1) is 0 Å². The highest BCUT2D eigenvalue weighted by Gasteiger charge is 2.64. The zero-order valence-corrected chi connectivity index (χ0v) is 10.8. The standard InChI is InChI=1S/C10H10F8O3.FH/c1-4(2)6(19)21-5(9(13,14)15)3-8(20,7(11)12)10(16,17)18;/h5,7,20H,1,3H2,2H3;1H. The SMILES string of the molecule is C=C(C)C(=O)OC(CC(O)(C(F)F)C(F)(F)F)C(F)(F)F.F. The third kappa shape index (κ3) is 5.39. The Morgan fingerprint density at radius 2 is 1.59 bits per heavy atom. The lowest BCUT2D eigenvalue weighted by Gasteiger charge is -2.33. The summed E-state index contributed by atoms with van der Waals surface area (Å²) in [6.07, 6.45) is -22.4. The van der Waals surface area contributed by atoms with E-state index in [9.17, 15) is 39.9 Å². The Labute approximate surface area is 117 Å². The molecule has 2 atom stereocenters. The van der Waals surface area contributed by atoms with Crippen LogP contribution in [-0.4, -0.2) is 41.6 Å². The van der Waals surface area contributed by atoms with Gasteiger partial charge < -0.3 is 9.84 Å². The van der Waals surface area contributed by atoms with Crippen molar-refractivity contribution >= 4 is 5.97 Å². The Bertz CT molecular complexity index is 401. The van der Waals surface area contributed by atoms with Crippen molar-refractivity contribution in [2.24, 2.45) is 0 Å². The Morgan fingerprint density at radius 3 is 1.82 bits per heavy atom. The van der Waals surface area contributed by atoms with Crippen molar-refractivity contribution in [3.8, 4) is 0 Å². The van der Waals surface area contributed by atoms with Crippen molar-refractivity contribution in [3.63, 3.8) is 0 Å². The summed E-state index contributed by atoms with van der Waals surface area (Å²) in [5.41, 5.74) is -5.56. The molecule has 0 aromatic carbocycles. The van der Waals surface area contributed by atoms with Crippen LogP contribution in [0.1, 0.15) is 13.3 Å². The molecule has 0 saturated heterocycles. The van der Waals surface area contributed by atoms with E-state index >= 15 is 0 Å². The van der Waals surface area contributed by atoms with Crippen LogP contribution in [0.3, 0.4) is 0 Å². The topological polar surface area (TPSA) is 46.5 Å². The van der Waals surface area contributed by atoms with Crippen LogP contribution in [-0.2, 0) is 9.53 Å². The Hall–Kier alpha value is -1.46. The summed E-state index contributed by atoms with van der Waals surface area (Å²) in [5.74, 6) is -1.73. The van der Waals surface area contributed by atoms with Crippen molar-refractivity contribution in [2.45, 2.75) is 43.8 Å². The molecule has 0 fully saturated rings. The Balaban J connectivity index is 0. The highest BCUT2D eigenvalue weighted by atomic mass is 19.4. The molecule has 0 rings (SSSR count). The van der Waals surface area contributed by atoms with Gasteiger partial charge in [0.25, 0.3) is 6.43 Å². The van der Waals surface area contributed by atoms with E-state index in [-0.39, 0.29) is 4.70 Å². The molecule has 0 heterocycles. The van der Waals surface area contributed by atoms with Crippen LogP contribution in [0.5, 0.6) is 0 Å². The molecule has 0 aromatic rings. The minimum atomic E-state index is -6.06. The Kier molecular flexibility index (Phi) is 7.47. The lowest BCUT2D eigenvalue weighted by atomic mass is 9.95. The molecular formula is C10H11F9O3. The molecule has 0 radical (unpaired) electrons. The summed E-state index contributed by atoms with van der Waals surface area (Å²) in [6, 6.07) is 0. The lowest BCUT2D eigenvalue weighted by molar-refractivity contribution is -0.319. The van der Waals surface area contributed by atoms with Crippen LogP contribution in [0.15, 0.2) is 12.2 Å². The second kappa shape index (κ2) is 7.20. The molecule has 1 N–H and O–H groups in total. The molecule has 0 amide bonds. The van der Waals surface area contributed by atoms with Crippen molar-refractivity contribution in [1.29, 1.82) is 0 Å². The summed E-state index contributed by atoms with van der Waals surface area (Å²) in [5, 5.41) is 8.82. The van der Waals surface area contributed by atoms with E-state index in [0.717, 1.165) is 6.92 Å². The van der Waals surface area contributed by atoms with E-state index in [2.05, 4.69) is 11.3 Å². The second-order valence-corrected chi connectivity index (χ2v) is 4.14. The number of rotatable bonds is 5. The van der Waals surface area contributed by atoms with Gasteiger partial charge in [-0.25, -0.2) is 13.6 Å². The fourth-order valence-corrected chi connectivity index (χ4v) is 1.07. The largest absolute Gasteiger partial charge is 0.449 e. The molecule has 12 heteroatoms. The zero-order valence-electron chi connectivity index (χ0n) is 10.8. The smallest absolute Gasteiger partial charge is 0.425 e. The first-order valence-corrected chi connectivity index (χ1v) is 5.13. The van der Waals surface area contributed by atoms with E-state index < -0.39 is 48.4 Å². The van der Waals surface area contributed by atoms with Crippen molar-refractivity contribution < 1.29 is 54.5 Å². The first kappa shape index (κ1) is 22.8. The van der Waals surface area contributed by atoms with Crippen molar-refractivity contribution in [1.82, 2.24) is 0 Å². The molecule has 3 nitrogen and oxygen atoms in total. The van der Waals surface area contributed by atoms with Gasteiger partial charge in [-0.1, -0.05) is 6.58 Å². The predicted octanol–water partition coefficient (Wildman–Crippen LogP) is 3.14. The first-order valence-electron chi connectivity index (χ1n) is 5.13. The number of hydrogen-bond acceptors (Lipinski definition) is 3. The molecule has 132 valence electrons. The van der Waals surface area contributed by atoms with Gasteiger partial charge in [0, 0.05) is 12.0 Å². The van der Waals surface area contributed by atoms with Gasteiger partial charge in [-0.15, -0.1) is 0 Å². The molecule has 0 spiro atoms. The monoisotopic (exact) mass is 350 g/mol. The molecule has 0 aliphatic heterocycles. The minimum absolute atomic E-state index is 0. The van der Waals surface area contributed by atoms with Crippen LogP contribution < -0.4 is 0 Å². The van der Waals surface area contributed by atoms with Gasteiger partial charge in [-0.05, 0) is 6.92 Å². The molecule has 0 aliphatic carbocycles. The van der Waals surface area contributed by atoms with E-state index in [4.69, 9.17) is 5.11 Å². The van der Waals surface area contributed by atoms with Crippen molar-refractivity contribution in [2.75, 3.05) is 0 Å². The number of carbonyl (C=O) groups excluding carboxylic acids is 1. The van der Waals surface area contributed by atoms with Gasteiger partial charge >= 0.3 is 18.3 Å². The number of esters is 1. The molecular weight excluding hydrogens is 339 g/mol. The average molecular weight is 350 g/mol. The highest BCUT2D eigenvalue weighted by Crippen LogP contribution is 2.42. The summed E-state index contributed by atoms with van der Waals surface area (Å²) in [7, 11) is 0. The third-order valence-corrected chi connectivity index (χ3v) is 2.31. The Morgan fingerprint density at radius 1 is 1.18 bits per heavy atom. The second-order valence-electron chi connectivity index (χ2n) is 4.14. The van der Waals surface area contributed by atoms with E-state index in [0.29, 0.717) is 0 Å². The number of aliphatic hydroxyl groups is 1. The highest BCUT2D eigenvalue weighted by molar-refractivity contribution is 5.87. The average Bonchev–Trinajstić information content (AvgIpc) is 2.24. The molecule has 0 aromatic heterocycles. The van der Waals surface area contributed by atoms with Crippen molar-refractivity contribution in [3.05, 3.63) is 12.2 Å². The number of ether oxygens (including phenoxy) is 1. The third-order valence-electron chi connectivity index (χ3n) is 2.31. The van der Waals surface area contributed by atoms with Gasteiger partial charge in [-0.2, -0.15) is 26.3 Å². The molecule has 22 heavy (non-hydrogen) atoms. The summed E-state index contributed by atoms with van der Waals surface area (Å²) in [6.45, 7) is 3.80. The van der Waals surface area contributed by atoms with Crippen LogP contribution in [0.4, 0.5) is 39.8 Å². The quantitative estimate of drug-likeness (QED) is 0.471. The van der Waals surface area contributed by atoms with Gasteiger partial charge in [0.1, 0.15) is 0 Å². The fourth-order valence-electron chi connectivity index (χ4n) is 1.07. The summed E-state index contributed by atoms with van der Waals surface area (Å²) in [4.78, 5) is 10.9. The maximum absolute atomic E-state index is 12.5. The van der Waals surface area contributed by atoms with E-state index in [1.165, 1.54) is 0 Å². The number of alkyl halides is 8. The number of halogens is 9. The van der Waals surface area contributed by atoms with E-state index in [1.54, 1.807) is 0 Å². The molecule has 0 bridgehead atoms. The molecule has 2 unspecified atom stereocenters. The lowest BCUT2D eigenvalue weighted by Crippen LogP contribution is -2.55. The zero-order chi connectivity index (χ0) is 17.2. The maximum Gasteiger partial charge on any atom is 0.425 e. The van der Waals surface area contributed by atoms with Crippen LogP contribution in [0.25, 0.3) is 0 Å². The normalized spacial score (nSPS) is 16.5. The fraction of sp³-hybridized carbons (Fsp3) is 0.700. The number of carbonyl (C=O) groups is 1. The van der Waals surface area contributed by atoms with Crippen LogP contribution >= 0.6 is 0 Å². The van der Waals surface area contributed by atoms with Gasteiger partial charge in [0.05, 0.1) is 0 Å². The summed E-state index contributed by atoms with van der Waals surface area (Å²) < 4.78 is 103. The maximum atomic E-state index is 12.5. The number of hydrogen-bond donors (Lipinski definition) is 1. The van der Waals surface area contributed by atoms with E-state index in [1.807, 2.05) is 0 Å². The van der Waals surface area contributed by atoms with Gasteiger partial charge in [0.15, 0.2) is 0 Å². The van der Waals surface area contributed by atoms with Gasteiger partial charge in [0.2, 0.25) is 11.7 Å². The van der Waals surface area contributed by atoms with Gasteiger partial charge in [-0.3, -0.25) is 4.70 Å². The predicted molar refractivity (Wildman–Crippen MR) is 54.9 cm³/mol. The molecule has 0 saturated carbocycles. The summed E-state index contributed by atoms with van der Waals surface area (Å²) >= 11 is 0. The first-order chi connectivity index (χ1) is 9.13. The molecule has 0 aliphatic rings. The minimum Gasteiger partial charge on any atom is -0.449 e.